The first-order valence-electron chi connectivity index (χ1n) is 7.41. The normalized spacial score (nSPS) is 16.5. The summed E-state index contributed by atoms with van der Waals surface area (Å²) in [5, 5.41) is 5.87. The van der Waals surface area contributed by atoms with Crippen LogP contribution in [0.3, 0.4) is 0 Å². The van der Waals surface area contributed by atoms with Gasteiger partial charge in [0.15, 0.2) is 0 Å². The van der Waals surface area contributed by atoms with E-state index in [2.05, 4.69) is 20.1 Å². The van der Waals surface area contributed by atoms with E-state index in [1.54, 1.807) is 0 Å². The maximum atomic E-state index is 12.3. The third-order valence-corrected chi connectivity index (χ3v) is 3.67. The van der Waals surface area contributed by atoms with Crippen molar-refractivity contribution in [3.8, 4) is 0 Å². The molecule has 2 rings (SSSR count). The Morgan fingerprint density at radius 1 is 1.04 bits per heavy atom. The average molecular weight is 357 g/mol. The number of amides is 1. The van der Waals surface area contributed by atoms with Gasteiger partial charge in [-0.1, -0.05) is 6.42 Å². The minimum absolute atomic E-state index is 0. The lowest BCUT2D eigenvalue weighted by atomic mass is 10.0. The van der Waals surface area contributed by atoms with Gasteiger partial charge in [0.05, 0.1) is 31.4 Å². The number of ether oxygens (including phenoxy) is 2. The van der Waals surface area contributed by atoms with E-state index in [4.69, 9.17) is 0 Å². The van der Waals surface area contributed by atoms with Crippen LogP contribution in [-0.4, -0.2) is 44.7 Å². The van der Waals surface area contributed by atoms with E-state index in [0.717, 1.165) is 25.8 Å². The van der Waals surface area contributed by atoms with Crippen LogP contribution in [0, 0.1) is 0 Å². The van der Waals surface area contributed by atoms with Crippen LogP contribution in [0.2, 0.25) is 0 Å². The van der Waals surface area contributed by atoms with E-state index in [-0.39, 0.29) is 35.5 Å². The summed E-state index contributed by atoms with van der Waals surface area (Å²) < 4.78 is 9.33. The fourth-order valence-electron chi connectivity index (χ4n) is 2.48. The summed E-state index contributed by atoms with van der Waals surface area (Å²) in [6.45, 7) is 0.799. The largest absolute Gasteiger partial charge is 0.465 e. The lowest BCUT2D eigenvalue weighted by Gasteiger charge is -2.22. The standard InChI is InChI=1S/C16H20N2O5.ClH/c1-22-15(20)10-7-11(16(21)23-2)9-12(8-10)18-14(19)13-5-3-4-6-17-13;/h7-9,13,17H,3-6H2,1-2H3,(H,18,19);1H. The summed E-state index contributed by atoms with van der Waals surface area (Å²) >= 11 is 0. The molecular weight excluding hydrogens is 336 g/mol. The number of benzene rings is 1. The van der Waals surface area contributed by atoms with Gasteiger partial charge in [-0.25, -0.2) is 9.59 Å². The van der Waals surface area contributed by atoms with Crippen molar-refractivity contribution in [2.45, 2.75) is 25.3 Å². The number of rotatable bonds is 4. The fraction of sp³-hybridized carbons (Fsp3) is 0.438. The molecule has 132 valence electrons. The molecule has 1 unspecified atom stereocenters. The summed E-state index contributed by atoms with van der Waals surface area (Å²) in [5.41, 5.74) is 0.690. The van der Waals surface area contributed by atoms with Crippen molar-refractivity contribution in [3.63, 3.8) is 0 Å². The molecular formula is C16H21ClN2O5. The van der Waals surface area contributed by atoms with Gasteiger partial charge in [-0.2, -0.15) is 0 Å². The number of esters is 2. The molecule has 7 nitrogen and oxygen atoms in total. The van der Waals surface area contributed by atoms with Crippen LogP contribution in [0.25, 0.3) is 0 Å². The summed E-state index contributed by atoms with van der Waals surface area (Å²) in [6, 6.07) is 4.04. The first kappa shape index (κ1) is 19.9. The lowest BCUT2D eigenvalue weighted by molar-refractivity contribution is -0.118. The van der Waals surface area contributed by atoms with Crippen LogP contribution in [0.15, 0.2) is 18.2 Å². The van der Waals surface area contributed by atoms with Gasteiger partial charge in [-0.3, -0.25) is 4.79 Å². The van der Waals surface area contributed by atoms with Gasteiger partial charge in [0, 0.05) is 5.69 Å². The van der Waals surface area contributed by atoms with Crippen LogP contribution in [0.4, 0.5) is 5.69 Å². The van der Waals surface area contributed by atoms with Crippen LogP contribution < -0.4 is 10.6 Å². The molecule has 1 aliphatic heterocycles. The predicted molar refractivity (Wildman–Crippen MR) is 90.6 cm³/mol. The minimum atomic E-state index is -0.595. The van der Waals surface area contributed by atoms with E-state index in [1.165, 1.54) is 32.4 Å². The highest BCUT2D eigenvalue weighted by molar-refractivity contribution is 6.00. The SMILES string of the molecule is COC(=O)c1cc(NC(=O)C2CCCCN2)cc(C(=O)OC)c1.Cl. The minimum Gasteiger partial charge on any atom is -0.465 e. The maximum absolute atomic E-state index is 12.3. The van der Waals surface area contributed by atoms with Crippen molar-refractivity contribution in [1.82, 2.24) is 5.32 Å². The number of halogens is 1. The van der Waals surface area contributed by atoms with Crippen LogP contribution in [0.5, 0.6) is 0 Å². The zero-order valence-corrected chi connectivity index (χ0v) is 14.4. The Morgan fingerprint density at radius 2 is 1.62 bits per heavy atom. The molecule has 1 aromatic carbocycles. The number of nitrogens with one attached hydrogen (secondary N) is 2. The van der Waals surface area contributed by atoms with Crippen LogP contribution >= 0.6 is 12.4 Å². The lowest BCUT2D eigenvalue weighted by Crippen LogP contribution is -2.43. The Bertz CT molecular complexity index is 580. The first-order chi connectivity index (χ1) is 11.0. The molecule has 2 N–H and O–H groups in total. The Labute approximate surface area is 146 Å². The molecule has 1 aliphatic rings. The average Bonchev–Trinajstić information content (AvgIpc) is 2.60. The molecule has 8 heteroatoms. The van der Waals surface area contributed by atoms with Crippen LogP contribution in [-0.2, 0) is 14.3 Å². The van der Waals surface area contributed by atoms with Gasteiger partial charge in [0.2, 0.25) is 5.91 Å². The van der Waals surface area contributed by atoms with Gasteiger partial charge < -0.3 is 20.1 Å². The molecule has 1 aromatic rings. The van der Waals surface area contributed by atoms with E-state index >= 15 is 0 Å². The van der Waals surface area contributed by atoms with Gasteiger partial charge in [0.1, 0.15) is 0 Å². The zero-order valence-electron chi connectivity index (χ0n) is 13.6. The smallest absolute Gasteiger partial charge is 0.337 e. The summed E-state index contributed by atoms with van der Waals surface area (Å²) in [6.07, 6.45) is 2.79. The van der Waals surface area contributed by atoms with E-state index in [1.807, 2.05) is 0 Å². The van der Waals surface area contributed by atoms with E-state index in [0.29, 0.717) is 5.69 Å². The Kier molecular flexibility index (Phi) is 7.67. The first-order valence-corrected chi connectivity index (χ1v) is 7.41. The van der Waals surface area contributed by atoms with Crippen molar-refractivity contribution in [3.05, 3.63) is 29.3 Å². The third-order valence-electron chi connectivity index (χ3n) is 3.67. The van der Waals surface area contributed by atoms with Gasteiger partial charge in [-0.15, -0.1) is 12.4 Å². The topological polar surface area (TPSA) is 93.7 Å². The van der Waals surface area contributed by atoms with E-state index < -0.39 is 11.9 Å². The second kappa shape index (κ2) is 9.24. The number of carbonyl (C=O) groups excluding carboxylic acids is 3. The molecule has 1 heterocycles. The molecule has 1 fully saturated rings. The number of hydrogen-bond acceptors (Lipinski definition) is 6. The molecule has 0 aromatic heterocycles. The number of hydrogen-bond donors (Lipinski definition) is 2. The van der Waals surface area contributed by atoms with Crippen molar-refractivity contribution < 1.29 is 23.9 Å². The second-order valence-electron chi connectivity index (χ2n) is 5.27. The highest BCUT2D eigenvalue weighted by Crippen LogP contribution is 2.18. The van der Waals surface area contributed by atoms with Crippen LogP contribution in [0.1, 0.15) is 40.0 Å². The number of piperidine rings is 1. The summed E-state index contributed by atoms with van der Waals surface area (Å²) in [5.74, 6) is -1.38. The quantitative estimate of drug-likeness (QED) is 0.798. The monoisotopic (exact) mass is 356 g/mol. The molecule has 0 aliphatic carbocycles. The van der Waals surface area contributed by atoms with Gasteiger partial charge in [0.25, 0.3) is 0 Å². The van der Waals surface area contributed by atoms with Gasteiger partial charge >= 0.3 is 11.9 Å². The zero-order chi connectivity index (χ0) is 16.8. The molecule has 0 radical (unpaired) electrons. The van der Waals surface area contributed by atoms with Gasteiger partial charge in [-0.05, 0) is 37.6 Å². The maximum Gasteiger partial charge on any atom is 0.337 e. The third kappa shape index (κ3) is 4.94. The van der Waals surface area contributed by atoms with Crippen molar-refractivity contribution in [2.24, 2.45) is 0 Å². The van der Waals surface area contributed by atoms with E-state index in [9.17, 15) is 14.4 Å². The Morgan fingerprint density at radius 3 is 2.08 bits per heavy atom. The molecule has 0 saturated carbocycles. The molecule has 24 heavy (non-hydrogen) atoms. The summed E-state index contributed by atoms with van der Waals surface area (Å²) in [4.78, 5) is 35.7. The molecule has 1 saturated heterocycles. The number of methoxy groups -OCH3 is 2. The molecule has 0 spiro atoms. The molecule has 1 amide bonds. The highest BCUT2D eigenvalue weighted by atomic mass is 35.5. The number of anilines is 1. The Hall–Kier alpha value is -2.12. The molecule has 0 bridgehead atoms. The van der Waals surface area contributed by atoms with Crippen molar-refractivity contribution in [1.29, 1.82) is 0 Å². The second-order valence-corrected chi connectivity index (χ2v) is 5.27. The summed E-state index contributed by atoms with van der Waals surface area (Å²) in [7, 11) is 2.49. The highest BCUT2D eigenvalue weighted by Gasteiger charge is 2.21. The molecule has 1 atom stereocenters. The van der Waals surface area contributed by atoms with Crippen molar-refractivity contribution >= 4 is 35.9 Å². The fourth-order valence-corrected chi connectivity index (χ4v) is 2.48. The number of carbonyl (C=O) groups is 3. The Balaban J connectivity index is 0.00000288. The van der Waals surface area contributed by atoms with Crippen molar-refractivity contribution in [2.75, 3.05) is 26.1 Å². The predicted octanol–water partition coefficient (Wildman–Crippen LogP) is 1.76.